The Labute approximate surface area is 150 Å². The van der Waals surface area contributed by atoms with Crippen LogP contribution in [0.25, 0.3) is 10.6 Å². The lowest BCUT2D eigenvalue weighted by molar-refractivity contribution is 0.0236. The molecule has 5 nitrogen and oxygen atoms in total. The molecule has 0 aliphatic carbocycles. The number of nitrogens with zero attached hydrogens (tertiary/aromatic N) is 1. The SMILES string of the molecule is COc1ccc(-c2nc(C)c(C(=O)NOCc3ccccc3)s2)cc1. The molecule has 0 saturated carbocycles. The quantitative estimate of drug-likeness (QED) is 0.680. The number of benzene rings is 2. The first-order valence-corrected chi connectivity index (χ1v) is 8.57. The Morgan fingerprint density at radius 3 is 2.52 bits per heavy atom. The maximum Gasteiger partial charge on any atom is 0.286 e. The summed E-state index contributed by atoms with van der Waals surface area (Å²) in [4.78, 5) is 22.6. The van der Waals surface area contributed by atoms with Crippen LogP contribution in [0.4, 0.5) is 0 Å². The first kappa shape index (κ1) is 17.1. The van der Waals surface area contributed by atoms with E-state index in [0.29, 0.717) is 17.2 Å². The molecule has 0 bridgehead atoms. The number of ether oxygens (including phenoxy) is 1. The molecule has 128 valence electrons. The Bertz CT molecular complexity index is 845. The average molecular weight is 354 g/mol. The maximum atomic E-state index is 12.3. The molecule has 2 aromatic carbocycles. The Morgan fingerprint density at radius 1 is 1.12 bits per heavy atom. The van der Waals surface area contributed by atoms with E-state index in [1.165, 1.54) is 11.3 Å². The summed E-state index contributed by atoms with van der Waals surface area (Å²) in [5, 5.41) is 0.786. The first-order valence-electron chi connectivity index (χ1n) is 7.75. The molecule has 1 heterocycles. The molecule has 0 radical (unpaired) electrons. The van der Waals surface area contributed by atoms with E-state index in [9.17, 15) is 4.79 Å². The van der Waals surface area contributed by atoms with Gasteiger partial charge in [-0.15, -0.1) is 11.3 Å². The second-order valence-electron chi connectivity index (χ2n) is 5.37. The lowest BCUT2D eigenvalue weighted by atomic mass is 10.2. The summed E-state index contributed by atoms with van der Waals surface area (Å²) in [6, 6.07) is 17.2. The molecule has 0 saturated heterocycles. The molecule has 3 aromatic rings. The second-order valence-corrected chi connectivity index (χ2v) is 6.37. The fourth-order valence-electron chi connectivity index (χ4n) is 2.27. The van der Waals surface area contributed by atoms with Gasteiger partial charge in [0.1, 0.15) is 15.6 Å². The lowest BCUT2D eigenvalue weighted by Crippen LogP contribution is -2.23. The van der Waals surface area contributed by atoms with Crippen molar-refractivity contribution in [1.82, 2.24) is 10.5 Å². The molecule has 0 spiro atoms. The normalized spacial score (nSPS) is 10.5. The Hall–Kier alpha value is -2.70. The number of thiazole rings is 1. The zero-order valence-electron chi connectivity index (χ0n) is 14.0. The van der Waals surface area contributed by atoms with E-state index in [2.05, 4.69) is 10.5 Å². The third-order valence-corrected chi connectivity index (χ3v) is 4.79. The molecule has 1 N–H and O–H groups in total. The summed E-state index contributed by atoms with van der Waals surface area (Å²) in [6.45, 7) is 2.13. The number of carbonyl (C=O) groups is 1. The molecule has 0 aliphatic heterocycles. The van der Waals surface area contributed by atoms with Gasteiger partial charge in [0.05, 0.1) is 19.4 Å². The molecule has 0 aliphatic rings. The van der Waals surface area contributed by atoms with Gasteiger partial charge in [0, 0.05) is 5.56 Å². The highest BCUT2D eigenvalue weighted by Gasteiger charge is 2.16. The number of nitrogens with one attached hydrogen (secondary N) is 1. The van der Waals surface area contributed by atoms with E-state index in [0.717, 1.165) is 21.9 Å². The maximum absolute atomic E-state index is 12.3. The van der Waals surface area contributed by atoms with Crippen LogP contribution in [-0.2, 0) is 11.4 Å². The first-order chi connectivity index (χ1) is 12.2. The van der Waals surface area contributed by atoms with E-state index in [4.69, 9.17) is 9.57 Å². The number of amides is 1. The average Bonchev–Trinajstić information content (AvgIpc) is 3.04. The number of aryl methyl sites for hydroxylation is 1. The van der Waals surface area contributed by atoms with Crippen LogP contribution in [0.3, 0.4) is 0 Å². The van der Waals surface area contributed by atoms with Crippen molar-refractivity contribution in [3.8, 4) is 16.3 Å². The number of hydrogen-bond acceptors (Lipinski definition) is 5. The van der Waals surface area contributed by atoms with Gasteiger partial charge in [0.25, 0.3) is 5.91 Å². The van der Waals surface area contributed by atoms with Crippen molar-refractivity contribution in [2.45, 2.75) is 13.5 Å². The highest BCUT2D eigenvalue weighted by Crippen LogP contribution is 2.29. The molecule has 3 rings (SSSR count). The van der Waals surface area contributed by atoms with Crippen molar-refractivity contribution in [2.24, 2.45) is 0 Å². The van der Waals surface area contributed by atoms with Crippen molar-refractivity contribution in [1.29, 1.82) is 0 Å². The van der Waals surface area contributed by atoms with E-state index >= 15 is 0 Å². The molecular formula is C19H18N2O3S. The van der Waals surface area contributed by atoms with Crippen molar-refractivity contribution < 1.29 is 14.4 Å². The summed E-state index contributed by atoms with van der Waals surface area (Å²) in [5.74, 6) is 0.495. The predicted octanol–water partition coefficient (Wildman–Crippen LogP) is 3.99. The fraction of sp³-hybridized carbons (Fsp3) is 0.158. The molecule has 6 heteroatoms. The van der Waals surface area contributed by atoms with Gasteiger partial charge in [-0.2, -0.15) is 0 Å². The van der Waals surface area contributed by atoms with Crippen LogP contribution in [0.2, 0.25) is 0 Å². The molecular weight excluding hydrogens is 336 g/mol. The molecule has 25 heavy (non-hydrogen) atoms. The van der Waals surface area contributed by atoms with Gasteiger partial charge < -0.3 is 4.74 Å². The van der Waals surface area contributed by atoms with Crippen LogP contribution in [0.5, 0.6) is 5.75 Å². The van der Waals surface area contributed by atoms with Crippen LogP contribution in [-0.4, -0.2) is 18.0 Å². The summed E-state index contributed by atoms with van der Waals surface area (Å²) in [7, 11) is 1.63. The molecule has 0 fully saturated rings. The number of carbonyl (C=O) groups excluding carboxylic acids is 1. The largest absolute Gasteiger partial charge is 0.497 e. The lowest BCUT2D eigenvalue weighted by Gasteiger charge is -2.04. The van der Waals surface area contributed by atoms with Gasteiger partial charge in [0.15, 0.2) is 0 Å². The van der Waals surface area contributed by atoms with Crippen LogP contribution < -0.4 is 10.2 Å². The minimum Gasteiger partial charge on any atom is -0.497 e. The molecule has 0 unspecified atom stereocenters. The minimum absolute atomic E-state index is 0.286. The number of hydrogen-bond donors (Lipinski definition) is 1. The monoisotopic (exact) mass is 354 g/mol. The topological polar surface area (TPSA) is 60.5 Å². The number of rotatable bonds is 6. The Morgan fingerprint density at radius 2 is 1.84 bits per heavy atom. The van der Waals surface area contributed by atoms with Gasteiger partial charge >= 0.3 is 0 Å². The number of aromatic nitrogens is 1. The summed E-state index contributed by atoms with van der Waals surface area (Å²) < 4.78 is 5.16. The van der Waals surface area contributed by atoms with E-state index in [1.54, 1.807) is 7.11 Å². The van der Waals surface area contributed by atoms with Crippen molar-refractivity contribution in [3.63, 3.8) is 0 Å². The van der Waals surface area contributed by atoms with E-state index in [1.807, 2.05) is 61.5 Å². The minimum atomic E-state index is -0.286. The zero-order chi connectivity index (χ0) is 17.6. The van der Waals surface area contributed by atoms with Crippen LogP contribution in [0.15, 0.2) is 54.6 Å². The third-order valence-electron chi connectivity index (χ3n) is 3.59. The Kier molecular flexibility index (Phi) is 5.42. The standard InChI is InChI=1S/C19H18N2O3S/c1-13-17(18(22)21-24-12-14-6-4-3-5-7-14)25-19(20-13)15-8-10-16(23-2)11-9-15/h3-11H,12H2,1-2H3,(H,21,22). The summed E-state index contributed by atoms with van der Waals surface area (Å²) >= 11 is 1.34. The summed E-state index contributed by atoms with van der Waals surface area (Å²) in [5.41, 5.74) is 5.09. The van der Waals surface area contributed by atoms with Gasteiger partial charge in [-0.1, -0.05) is 30.3 Å². The highest BCUT2D eigenvalue weighted by atomic mass is 32.1. The molecule has 1 amide bonds. The molecule has 0 atom stereocenters. The summed E-state index contributed by atoms with van der Waals surface area (Å²) in [6.07, 6.45) is 0. The molecule has 1 aromatic heterocycles. The number of methoxy groups -OCH3 is 1. The number of hydroxylamine groups is 1. The van der Waals surface area contributed by atoms with Crippen molar-refractivity contribution in [3.05, 3.63) is 70.7 Å². The third kappa shape index (κ3) is 4.23. The second kappa shape index (κ2) is 7.92. The smallest absolute Gasteiger partial charge is 0.286 e. The zero-order valence-corrected chi connectivity index (χ0v) is 14.8. The van der Waals surface area contributed by atoms with Gasteiger partial charge in [-0.05, 0) is 36.8 Å². The fourth-order valence-corrected chi connectivity index (χ4v) is 3.23. The van der Waals surface area contributed by atoms with Crippen molar-refractivity contribution >= 4 is 17.2 Å². The highest BCUT2D eigenvalue weighted by molar-refractivity contribution is 7.17. The van der Waals surface area contributed by atoms with Gasteiger partial charge in [0.2, 0.25) is 0 Å². The predicted molar refractivity (Wildman–Crippen MR) is 97.5 cm³/mol. The van der Waals surface area contributed by atoms with E-state index < -0.39 is 0 Å². The Balaban J connectivity index is 1.65. The van der Waals surface area contributed by atoms with Crippen LogP contribution in [0, 0.1) is 6.92 Å². The van der Waals surface area contributed by atoms with Crippen molar-refractivity contribution in [2.75, 3.05) is 7.11 Å². The van der Waals surface area contributed by atoms with E-state index in [-0.39, 0.29) is 5.91 Å². The van der Waals surface area contributed by atoms with Gasteiger partial charge in [-0.3, -0.25) is 9.63 Å². The van der Waals surface area contributed by atoms with Crippen LogP contribution >= 0.6 is 11.3 Å². The van der Waals surface area contributed by atoms with Crippen LogP contribution in [0.1, 0.15) is 20.9 Å². The van der Waals surface area contributed by atoms with Gasteiger partial charge in [-0.25, -0.2) is 10.5 Å².